The number of halogens is 1. The highest BCUT2D eigenvalue weighted by atomic mass is 32.2. The van der Waals surface area contributed by atoms with Gasteiger partial charge in [0.15, 0.2) is 0 Å². The topological polar surface area (TPSA) is 29.1 Å². The predicted molar refractivity (Wildman–Crippen MR) is 74.6 cm³/mol. The fraction of sp³-hybridized carbons (Fsp3) is 0.571. The van der Waals surface area contributed by atoms with Gasteiger partial charge in [-0.3, -0.25) is 4.21 Å². The Morgan fingerprint density at radius 2 is 2.06 bits per heavy atom. The van der Waals surface area contributed by atoms with E-state index in [1.807, 2.05) is 6.92 Å². The molecule has 1 aromatic carbocycles. The number of rotatable bonds is 5. The van der Waals surface area contributed by atoms with E-state index in [0.717, 1.165) is 6.54 Å². The normalized spacial score (nSPS) is 15.4. The molecule has 0 aliphatic heterocycles. The van der Waals surface area contributed by atoms with Crippen LogP contribution in [-0.2, 0) is 10.8 Å². The Labute approximate surface area is 111 Å². The molecule has 0 aliphatic rings. The Morgan fingerprint density at radius 1 is 1.39 bits per heavy atom. The van der Waals surface area contributed by atoms with Crippen molar-refractivity contribution in [2.24, 2.45) is 5.41 Å². The second-order valence-corrected chi connectivity index (χ2v) is 6.94. The highest BCUT2D eigenvalue weighted by molar-refractivity contribution is 7.85. The Balaban J connectivity index is 2.79. The van der Waals surface area contributed by atoms with Gasteiger partial charge in [-0.15, -0.1) is 0 Å². The molecule has 0 aliphatic carbocycles. The third kappa shape index (κ3) is 4.50. The maximum atomic E-state index is 13.1. The maximum absolute atomic E-state index is 13.1. The summed E-state index contributed by atoms with van der Waals surface area (Å²) in [6, 6.07) is 6.17. The molecule has 0 spiro atoms. The molecule has 0 saturated heterocycles. The largest absolute Gasteiger partial charge is 0.313 e. The van der Waals surface area contributed by atoms with Gasteiger partial charge in [-0.1, -0.05) is 33.8 Å². The number of benzene rings is 1. The first kappa shape index (κ1) is 15.3. The van der Waals surface area contributed by atoms with Gasteiger partial charge in [-0.05, 0) is 30.2 Å². The molecule has 0 bridgehead atoms. The van der Waals surface area contributed by atoms with Crippen molar-refractivity contribution >= 4 is 10.8 Å². The summed E-state index contributed by atoms with van der Waals surface area (Å²) in [6.07, 6.45) is 0. The second kappa shape index (κ2) is 6.43. The molecule has 2 nitrogen and oxygen atoms in total. The quantitative estimate of drug-likeness (QED) is 0.892. The lowest BCUT2D eigenvalue weighted by atomic mass is 9.88. The Hall–Kier alpha value is -0.740. The van der Waals surface area contributed by atoms with E-state index in [1.165, 1.54) is 12.1 Å². The molecule has 2 unspecified atom stereocenters. The van der Waals surface area contributed by atoms with Crippen LogP contribution in [0.25, 0.3) is 0 Å². The van der Waals surface area contributed by atoms with Crippen molar-refractivity contribution in [3.05, 3.63) is 30.1 Å². The molecule has 0 aromatic heterocycles. The van der Waals surface area contributed by atoms with Crippen LogP contribution in [0.5, 0.6) is 0 Å². The SMILES string of the molecule is CCNC(CS(=O)c1cccc(F)c1)C(C)(C)C. The molecule has 0 radical (unpaired) electrons. The van der Waals surface area contributed by atoms with Gasteiger partial charge in [-0.2, -0.15) is 0 Å². The lowest BCUT2D eigenvalue weighted by Gasteiger charge is -2.31. The van der Waals surface area contributed by atoms with Crippen LogP contribution in [0.3, 0.4) is 0 Å². The first-order valence-electron chi connectivity index (χ1n) is 6.22. The van der Waals surface area contributed by atoms with Gasteiger partial charge < -0.3 is 5.32 Å². The van der Waals surface area contributed by atoms with E-state index in [1.54, 1.807) is 12.1 Å². The highest BCUT2D eigenvalue weighted by Gasteiger charge is 2.26. The maximum Gasteiger partial charge on any atom is 0.124 e. The number of hydrogen-bond acceptors (Lipinski definition) is 2. The smallest absolute Gasteiger partial charge is 0.124 e. The van der Waals surface area contributed by atoms with E-state index in [9.17, 15) is 8.60 Å². The zero-order chi connectivity index (χ0) is 13.8. The summed E-state index contributed by atoms with van der Waals surface area (Å²) in [5.41, 5.74) is 0.0268. The Kier molecular flexibility index (Phi) is 5.47. The molecule has 0 amide bonds. The number of hydrogen-bond donors (Lipinski definition) is 1. The molecular weight excluding hydrogens is 249 g/mol. The van der Waals surface area contributed by atoms with E-state index in [-0.39, 0.29) is 17.3 Å². The van der Waals surface area contributed by atoms with Crippen LogP contribution in [-0.4, -0.2) is 22.5 Å². The van der Waals surface area contributed by atoms with E-state index in [0.29, 0.717) is 10.6 Å². The average molecular weight is 271 g/mol. The van der Waals surface area contributed by atoms with Crippen molar-refractivity contribution in [2.75, 3.05) is 12.3 Å². The van der Waals surface area contributed by atoms with Gasteiger partial charge in [0.25, 0.3) is 0 Å². The fourth-order valence-corrected chi connectivity index (χ4v) is 3.31. The van der Waals surface area contributed by atoms with Crippen molar-refractivity contribution in [1.82, 2.24) is 5.32 Å². The molecule has 2 atom stereocenters. The minimum Gasteiger partial charge on any atom is -0.313 e. The van der Waals surface area contributed by atoms with Crippen molar-refractivity contribution in [2.45, 2.75) is 38.6 Å². The van der Waals surface area contributed by atoms with Crippen LogP contribution in [0.2, 0.25) is 0 Å². The van der Waals surface area contributed by atoms with Crippen molar-refractivity contribution in [3.63, 3.8) is 0 Å². The zero-order valence-electron chi connectivity index (χ0n) is 11.5. The van der Waals surface area contributed by atoms with E-state index >= 15 is 0 Å². The monoisotopic (exact) mass is 271 g/mol. The van der Waals surface area contributed by atoms with E-state index < -0.39 is 10.8 Å². The van der Waals surface area contributed by atoms with Crippen LogP contribution in [0.15, 0.2) is 29.2 Å². The average Bonchev–Trinajstić information content (AvgIpc) is 2.27. The van der Waals surface area contributed by atoms with Crippen molar-refractivity contribution < 1.29 is 8.60 Å². The summed E-state index contributed by atoms with van der Waals surface area (Å²) < 4.78 is 25.3. The molecule has 1 rings (SSSR count). The van der Waals surface area contributed by atoms with Gasteiger partial charge in [0.2, 0.25) is 0 Å². The fourth-order valence-electron chi connectivity index (χ4n) is 1.72. The van der Waals surface area contributed by atoms with Gasteiger partial charge in [-0.25, -0.2) is 4.39 Å². The first-order valence-corrected chi connectivity index (χ1v) is 7.54. The lowest BCUT2D eigenvalue weighted by Crippen LogP contribution is -2.44. The molecule has 0 saturated carbocycles. The van der Waals surface area contributed by atoms with Crippen molar-refractivity contribution in [3.8, 4) is 0 Å². The minimum atomic E-state index is -1.17. The summed E-state index contributed by atoms with van der Waals surface area (Å²) in [6.45, 7) is 9.21. The van der Waals surface area contributed by atoms with Crippen LogP contribution < -0.4 is 5.32 Å². The van der Waals surface area contributed by atoms with Crippen LogP contribution in [0.4, 0.5) is 4.39 Å². The molecule has 1 aromatic rings. The third-order valence-corrected chi connectivity index (χ3v) is 4.29. The van der Waals surface area contributed by atoms with Gasteiger partial charge >= 0.3 is 0 Å². The summed E-state index contributed by atoms with van der Waals surface area (Å²) in [5.74, 6) is 0.164. The molecule has 4 heteroatoms. The molecule has 0 fully saturated rings. The van der Waals surface area contributed by atoms with E-state index in [2.05, 4.69) is 26.1 Å². The Morgan fingerprint density at radius 3 is 2.56 bits per heavy atom. The predicted octanol–water partition coefficient (Wildman–Crippen LogP) is 2.96. The second-order valence-electron chi connectivity index (χ2n) is 5.45. The first-order chi connectivity index (χ1) is 8.34. The summed E-state index contributed by atoms with van der Waals surface area (Å²) >= 11 is 0. The number of nitrogens with one attached hydrogen (secondary N) is 1. The zero-order valence-corrected chi connectivity index (χ0v) is 12.3. The van der Waals surface area contributed by atoms with Gasteiger partial charge in [0, 0.05) is 16.7 Å². The van der Waals surface area contributed by atoms with Crippen LogP contribution >= 0.6 is 0 Å². The third-order valence-electron chi connectivity index (χ3n) is 2.87. The lowest BCUT2D eigenvalue weighted by molar-refractivity contribution is 0.294. The Bertz CT molecular complexity index is 415. The molecular formula is C14H22FNOS. The molecule has 1 N–H and O–H groups in total. The van der Waals surface area contributed by atoms with Gasteiger partial charge in [0.1, 0.15) is 5.82 Å². The summed E-state index contributed by atoms with van der Waals surface area (Å²) in [7, 11) is -1.17. The summed E-state index contributed by atoms with van der Waals surface area (Å²) in [5, 5.41) is 3.35. The highest BCUT2D eigenvalue weighted by Crippen LogP contribution is 2.21. The van der Waals surface area contributed by atoms with Crippen LogP contribution in [0, 0.1) is 11.2 Å². The molecule has 18 heavy (non-hydrogen) atoms. The van der Waals surface area contributed by atoms with Gasteiger partial charge in [0.05, 0.1) is 10.8 Å². The molecule has 102 valence electrons. The molecule has 0 heterocycles. The van der Waals surface area contributed by atoms with Crippen LogP contribution in [0.1, 0.15) is 27.7 Å². The van der Waals surface area contributed by atoms with Crippen molar-refractivity contribution in [1.29, 1.82) is 0 Å². The minimum absolute atomic E-state index is 0.0268. The standard InChI is InChI=1S/C14H22FNOS/c1-5-16-13(14(2,3)4)10-18(17)12-8-6-7-11(15)9-12/h6-9,13,16H,5,10H2,1-4H3. The summed E-state index contributed by atoms with van der Waals surface area (Å²) in [4.78, 5) is 0.558. The van der Waals surface area contributed by atoms with E-state index in [4.69, 9.17) is 0 Å².